The van der Waals surface area contributed by atoms with Gasteiger partial charge < -0.3 is 9.64 Å². The zero-order chi connectivity index (χ0) is 19.0. The Labute approximate surface area is 148 Å². The second-order valence-corrected chi connectivity index (χ2v) is 6.66. The highest BCUT2D eigenvalue weighted by atomic mass is 19.3. The minimum atomic E-state index is -2.64. The van der Waals surface area contributed by atoms with Crippen molar-refractivity contribution in [2.75, 3.05) is 26.2 Å². The van der Waals surface area contributed by atoms with E-state index in [4.69, 9.17) is 4.74 Å². The second-order valence-electron chi connectivity index (χ2n) is 6.66. The molecule has 0 bridgehead atoms. The van der Waals surface area contributed by atoms with Gasteiger partial charge in [-0.15, -0.1) is 0 Å². The third-order valence-corrected chi connectivity index (χ3v) is 3.75. The summed E-state index contributed by atoms with van der Waals surface area (Å²) in [7, 11) is 0. The van der Waals surface area contributed by atoms with Gasteiger partial charge in [0.15, 0.2) is 0 Å². The Balaban J connectivity index is 2.94. The van der Waals surface area contributed by atoms with Gasteiger partial charge in [-0.3, -0.25) is 9.69 Å². The number of allylic oxidation sites excluding steroid dienone is 1. The monoisotopic (exact) mass is 358 g/mol. The van der Waals surface area contributed by atoms with E-state index >= 15 is 0 Å². The van der Waals surface area contributed by atoms with Crippen LogP contribution in [0.15, 0.2) is 23.9 Å². The highest BCUT2D eigenvalue weighted by molar-refractivity contribution is 5.78. The maximum atomic E-state index is 13.0. The van der Waals surface area contributed by atoms with Gasteiger partial charge in [0.25, 0.3) is 5.92 Å². The lowest BCUT2D eigenvalue weighted by Gasteiger charge is -2.39. The summed E-state index contributed by atoms with van der Waals surface area (Å²) in [6.07, 6.45) is 6.11. The summed E-state index contributed by atoms with van der Waals surface area (Å²) >= 11 is 0. The van der Waals surface area contributed by atoms with Gasteiger partial charge in [0.2, 0.25) is 6.41 Å². The van der Waals surface area contributed by atoms with Crippen molar-refractivity contribution in [1.82, 2.24) is 9.80 Å². The van der Waals surface area contributed by atoms with Crippen molar-refractivity contribution in [3.8, 4) is 0 Å². The molecule has 1 heterocycles. The van der Waals surface area contributed by atoms with Gasteiger partial charge in [0.1, 0.15) is 6.04 Å². The molecule has 0 N–H and O–H groups in total. The third kappa shape index (κ3) is 6.94. The number of hydrogen-bond acceptors (Lipinski definition) is 4. The van der Waals surface area contributed by atoms with Crippen molar-refractivity contribution in [3.63, 3.8) is 0 Å². The Morgan fingerprint density at radius 2 is 2.00 bits per heavy atom. The van der Waals surface area contributed by atoms with Crippen LogP contribution in [0.1, 0.15) is 34.1 Å². The molecule has 1 fully saturated rings. The quantitative estimate of drug-likeness (QED) is 0.342. The Bertz CT molecular complexity index is 510. The number of alkyl halides is 2. The van der Waals surface area contributed by atoms with Gasteiger partial charge in [-0.05, 0) is 31.8 Å². The first kappa shape index (κ1) is 21.3. The van der Waals surface area contributed by atoms with E-state index in [1.807, 2.05) is 13.8 Å². The van der Waals surface area contributed by atoms with E-state index in [-0.39, 0.29) is 25.6 Å². The number of amides is 1. The molecule has 7 heteroatoms. The molecule has 0 aromatic rings. The minimum absolute atomic E-state index is 0.185. The molecule has 0 saturated carbocycles. The lowest BCUT2D eigenvalue weighted by molar-refractivity contribution is -0.151. The molecule has 0 aromatic heterocycles. The summed E-state index contributed by atoms with van der Waals surface area (Å²) < 4.78 is 31.1. The largest absolute Gasteiger partial charge is 0.464 e. The molecular weight excluding hydrogens is 330 g/mol. The molecule has 1 aliphatic rings. The first-order valence-corrected chi connectivity index (χ1v) is 8.55. The molecule has 1 aliphatic heterocycles. The standard InChI is InChI=1S/C18H28F2N2O3/c1-5-7-15(9-21-11-18(19,20)12-21)10-22(13-23)16(8-14(3)4)17(24)25-6-2/h5,7,10,13-14,16H,6,8-9,11-12H2,1-4H3/b7-5-,15-10+. The van der Waals surface area contributed by atoms with Gasteiger partial charge in [-0.25, -0.2) is 13.6 Å². The molecule has 5 nitrogen and oxygen atoms in total. The maximum absolute atomic E-state index is 13.0. The Hall–Kier alpha value is -1.76. The molecule has 142 valence electrons. The molecule has 0 radical (unpaired) electrons. The van der Waals surface area contributed by atoms with E-state index in [0.717, 1.165) is 0 Å². The summed E-state index contributed by atoms with van der Waals surface area (Å²) in [5, 5.41) is 0. The molecular formula is C18H28F2N2O3. The fourth-order valence-electron chi connectivity index (χ4n) is 2.74. The van der Waals surface area contributed by atoms with Crippen molar-refractivity contribution in [2.24, 2.45) is 5.92 Å². The van der Waals surface area contributed by atoms with Crippen LogP contribution in [-0.4, -0.2) is 60.4 Å². The van der Waals surface area contributed by atoms with Crippen LogP contribution >= 0.6 is 0 Å². The lowest BCUT2D eigenvalue weighted by atomic mass is 10.0. The second kappa shape index (κ2) is 9.65. The van der Waals surface area contributed by atoms with Gasteiger partial charge in [-0.2, -0.15) is 0 Å². The van der Waals surface area contributed by atoms with E-state index in [0.29, 0.717) is 24.9 Å². The minimum Gasteiger partial charge on any atom is -0.464 e. The highest BCUT2D eigenvalue weighted by Gasteiger charge is 2.43. The summed E-state index contributed by atoms with van der Waals surface area (Å²) in [5.74, 6) is -2.92. The number of carbonyl (C=O) groups is 2. The van der Waals surface area contributed by atoms with Crippen LogP contribution < -0.4 is 0 Å². The Morgan fingerprint density at radius 3 is 2.44 bits per heavy atom. The fraction of sp³-hybridized carbons (Fsp3) is 0.667. The number of halogens is 2. The average molecular weight is 358 g/mol. The van der Waals surface area contributed by atoms with Crippen LogP contribution in [0.2, 0.25) is 0 Å². The smallest absolute Gasteiger partial charge is 0.329 e. The molecule has 1 unspecified atom stereocenters. The number of nitrogens with zero attached hydrogens (tertiary/aromatic N) is 2. The van der Waals surface area contributed by atoms with Gasteiger partial charge in [0, 0.05) is 12.7 Å². The maximum Gasteiger partial charge on any atom is 0.329 e. The van der Waals surface area contributed by atoms with Crippen molar-refractivity contribution >= 4 is 12.4 Å². The van der Waals surface area contributed by atoms with Gasteiger partial charge in [-0.1, -0.05) is 26.0 Å². The summed E-state index contributed by atoms with van der Waals surface area (Å²) in [4.78, 5) is 26.7. The van der Waals surface area contributed by atoms with Crippen LogP contribution in [0.5, 0.6) is 0 Å². The number of ether oxygens (including phenoxy) is 1. The van der Waals surface area contributed by atoms with Crippen LogP contribution in [0.4, 0.5) is 8.78 Å². The van der Waals surface area contributed by atoms with Gasteiger partial charge in [0.05, 0.1) is 19.7 Å². The molecule has 0 aliphatic carbocycles. The lowest BCUT2D eigenvalue weighted by Crippen LogP contribution is -2.56. The molecule has 1 saturated heterocycles. The van der Waals surface area contributed by atoms with E-state index in [2.05, 4.69) is 0 Å². The van der Waals surface area contributed by atoms with Crippen LogP contribution in [0.3, 0.4) is 0 Å². The van der Waals surface area contributed by atoms with E-state index in [1.54, 1.807) is 37.1 Å². The molecule has 0 aromatic carbocycles. The fourth-order valence-corrected chi connectivity index (χ4v) is 2.74. The first-order chi connectivity index (χ1) is 11.7. The van der Waals surface area contributed by atoms with Crippen molar-refractivity contribution in [2.45, 2.75) is 46.1 Å². The highest BCUT2D eigenvalue weighted by Crippen LogP contribution is 2.27. The van der Waals surface area contributed by atoms with Crippen molar-refractivity contribution in [1.29, 1.82) is 0 Å². The Kier molecular flexibility index (Phi) is 8.22. The molecule has 1 rings (SSSR count). The Morgan fingerprint density at radius 1 is 1.36 bits per heavy atom. The normalized spacial score (nSPS) is 18.9. The predicted molar refractivity (Wildman–Crippen MR) is 92.1 cm³/mol. The molecule has 25 heavy (non-hydrogen) atoms. The van der Waals surface area contributed by atoms with Crippen LogP contribution in [-0.2, 0) is 14.3 Å². The topological polar surface area (TPSA) is 49.9 Å². The number of likely N-dealkylation sites (tertiary alicyclic amines) is 1. The van der Waals surface area contributed by atoms with Crippen molar-refractivity contribution < 1.29 is 23.1 Å². The van der Waals surface area contributed by atoms with Gasteiger partial charge >= 0.3 is 5.97 Å². The summed E-state index contributed by atoms with van der Waals surface area (Å²) in [6, 6.07) is -0.726. The molecule has 0 spiro atoms. The number of rotatable bonds is 10. The summed E-state index contributed by atoms with van der Waals surface area (Å²) in [5.41, 5.74) is 0.683. The number of hydrogen-bond donors (Lipinski definition) is 0. The average Bonchev–Trinajstić information content (AvgIpc) is 2.48. The zero-order valence-electron chi connectivity index (χ0n) is 15.4. The molecule has 1 atom stereocenters. The van der Waals surface area contributed by atoms with Crippen LogP contribution in [0.25, 0.3) is 0 Å². The predicted octanol–water partition coefficient (Wildman–Crippen LogP) is 2.83. The first-order valence-electron chi connectivity index (χ1n) is 8.55. The van der Waals surface area contributed by atoms with Crippen LogP contribution in [0, 0.1) is 5.92 Å². The zero-order valence-corrected chi connectivity index (χ0v) is 15.4. The SMILES string of the molecule is C/C=C\C(=C/N(C=O)C(CC(C)C)C(=O)OCC)CN1CC(F)(F)C1. The summed E-state index contributed by atoms with van der Waals surface area (Å²) in [6.45, 7) is 7.35. The number of carbonyl (C=O) groups excluding carboxylic acids is 2. The number of esters is 1. The third-order valence-electron chi connectivity index (χ3n) is 3.75. The van der Waals surface area contributed by atoms with E-state index in [9.17, 15) is 18.4 Å². The van der Waals surface area contributed by atoms with E-state index < -0.39 is 17.9 Å². The van der Waals surface area contributed by atoms with E-state index in [1.165, 1.54) is 4.90 Å². The molecule has 1 amide bonds. The van der Waals surface area contributed by atoms with Crippen molar-refractivity contribution in [3.05, 3.63) is 23.9 Å².